The summed E-state index contributed by atoms with van der Waals surface area (Å²) in [6.45, 7) is 4.67. The van der Waals surface area contributed by atoms with Gasteiger partial charge in [-0.2, -0.15) is 0 Å². The summed E-state index contributed by atoms with van der Waals surface area (Å²) >= 11 is 5.91. The van der Waals surface area contributed by atoms with Crippen LogP contribution < -0.4 is 10.6 Å². The third-order valence-electron chi connectivity index (χ3n) is 1.99. The van der Waals surface area contributed by atoms with Gasteiger partial charge in [-0.15, -0.1) is 0 Å². The molecule has 0 unspecified atom stereocenters. The van der Waals surface area contributed by atoms with Crippen molar-refractivity contribution in [3.8, 4) is 0 Å². The van der Waals surface area contributed by atoms with Crippen molar-refractivity contribution in [3.63, 3.8) is 0 Å². The molecular formula is C11H16ClN3O. The van der Waals surface area contributed by atoms with E-state index < -0.39 is 0 Å². The molecule has 0 fully saturated rings. The Morgan fingerprint density at radius 1 is 1.50 bits per heavy atom. The smallest absolute Gasteiger partial charge is 0.271 e. The molecule has 1 heterocycles. The van der Waals surface area contributed by atoms with E-state index in [2.05, 4.69) is 15.6 Å². The van der Waals surface area contributed by atoms with Crippen LogP contribution in [0.1, 0.15) is 24.3 Å². The number of aromatic nitrogens is 1. The minimum Gasteiger partial charge on any atom is -0.373 e. The van der Waals surface area contributed by atoms with Crippen LogP contribution in [0.2, 0.25) is 5.02 Å². The number of carbonyl (C=O) groups excluding carboxylic acids is 1. The second-order valence-corrected chi connectivity index (χ2v) is 4.29. The van der Waals surface area contributed by atoms with E-state index in [1.807, 2.05) is 13.8 Å². The van der Waals surface area contributed by atoms with E-state index >= 15 is 0 Å². The Morgan fingerprint density at radius 2 is 2.19 bits per heavy atom. The predicted octanol–water partition coefficient (Wildman–Crippen LogP) is 2.16. The Hall–Kier alpha value is -1.29. The average Bonchev–Trinajstić information content (AvgIpc) is 2.26. The van der Waals surface area contributed by atoms with E-state index in [0.29, 0.717) is 23.3 Å². The monoisotopic (exact) mass is 241 g/mol. The molecule has 4 nitrogen and oxygen atoms in total. The summed E-state index contributed by atoms with van der Waals surface area (Å²) in [5.74, 6) is 0.783. The second kappa shape index (κ2) is 5.70. The summed E-state index contributed by atoms with van der Waals surface area (Å²) in [6.07, 6.45) is 0. The fourth-order valence-electron chi connectivity index (χ4n) is 1.12. The van der Waals surface area contributed by atoms with Crippen molar-refractivity contribution in [1.82, 2.24) is 10.3 Å². The lowest BCUT2D eigenvalue weighted by molar-refractivity contribution is 0.0944. The number of carbonyl (C=O) groups is 1. The highest BCUT2D eigenvalue weighted by Crippen LogP contribution is 2.16. The molecule has 88 valence electrons. The molecular weight excluding hydrogens is 226 g/mol. The third kappa shape index (κ3) is 3.38. The van der Waals surface area contributed by atoms with Crippen LogP contribution in [0.5, 0.6) is 0 Å². The number of hydrogen-bond acceptors (Lipinski definition) is 3. The van der Waals surface area contributed by atoms with E-state index in [4.69, 9.17) is 11.6 Å². The number of amides is 1. The molecule has 0 radical (unpaired) electrons. The Morgan fingerprint density at radius 3 is 2.75 bits per heavy atom. The molecule has 1 aromatic rings. The van der Waals surface area contributed by atoms with Crippen molar-refractivity contribution in [3.05, 3.63) is 22.8 Å². The lowest BCUT2D eigenvalue weighted by atomic mass is 10.2. The first-order valence-electron chi connectivity index (χ1n) is 5.17. The number of nitrogens with one attached hydrogen (secondary N) is 2. The first kappa shape index (κ1) is 12.8. The van der Waals surface area contributed by atoms with Crippen LogP contribution in [0.15, 0.2) is 12.1 Å². The van der Waals surface area contributed by atoms with E-state index in [-0.39, 0.29) is 11.6 Å². The van der Waals surface area contributed by atoms with Crippen molar-refractivity contribution in [2.45, 2.75) is 13.8 Å². The van der Waals surface area contributed by atoms with Crippen LogP contribution in [0.3, 0.4) is 0 Å². The molecule has 0 bridgehead atoms. The van der Waals surface area contributed by atoms with Crippen LogP contribution in [0.25, 0.3) is 0 Å². The van der Waals surface area contributed by atoms with Crippen molar-refractivity contribution >= 4 is 23.3 Å². The zero-order valence-corrected chi connectivity index (χ0v) is 10.4. The van der Waals surface area contributed by atoms with Crippen molar-refractivity contribution < 1.29 is 4.79 Å². The molecule has 0 saturated heterocycles. The zero-order chi connectivity index (χ0) is 12.1. The molecule has 0 aliphatic carbocycles. The molecule has 0 atom stereocenters. The van der Waals surface area contributed by atoms with Crippen LogP contribution in [0, 0.1) is 5.92 Å². The van der Waals surface area contributed by atoms with Gasteiger partial charge in [-0.1, -0.05) is 25.4 Å². The largest absolute Gasteiger partial charge is 0.373 e. The second-order valence-electron chi connectivity index (χ2n) is 3.88. The van der Waals surface area contributed by atoms with Crippen LogP contribution in [-0.2, 0) is 0 Å². The third-order valence-corrected chi connectivity index (χ3v) is 2.29. The standard InChI is InChI=1S/C11H16ClN3O/c1-7(2)6-14-11(16)10-8(12)4-5-9(13-3)15-10/h4-5,7H,6H2,1-3H3,(H,13,15)(H,14,16). The summed E-state index contributed by atoms with van der Waals surface area (Å²) in [7, 11) is 1.74. The molecule has 0 spiro atoms. The highest BCUT2D eigenvalue weighted by molar-refractivity contribution is 6.33. The predicted molar refractivity (Wildman–Crippen MR) is 66.0 cm³/mol. The molecule has 1 amide bonds. The maximum atomic E-state index is 11.8. The van der Waals surface area contributed by atoms with Gasteiger partial charge in [-0.05, 0) is 18.1 Å². The summed E-state index contributed by atoms with van der Waals surface area (Å²) < 4.78 is 0. The average molecular weight is 242 g/mol. The van der Waals surface area contributed by atoms with Gasteiger partial charge in [0.25, 0.3) is 5.91 Å². The van der Waals surface area contributed by atoms with Gasteiger partial charge in [0.1, 0.15) is 11.5 Å². The first-order chi connectivity index (χ1) is 7.54. The molecule has 2 N–H and O–H groups in total. The van der Waals surface area contributed by atoms with Gasteiger partial charge < -0.3 is 10.6 Å². The number of rotatable bonds is 4. The summed E-state index contributed by atoms with van der Waals surface area (Å²) in [5.41, 5.74) is 0.258. The summed E-state index contributed by atoms with van der Waals surface area (Å²) in [4.78, 5) is 15.9. The van der Waals surface area contributed by atoms with E-state index in [1.54, 1.807) is 19.2 Å². The van der Waals surface area contributed by atoms with E-state index in [1.165, 1.54) is 0 Å². The van der Waals surface area contributed by atoms with Gasteiger partial charge in [0.2, 0.25) is 0 Å². The van der Waals surface area contributed by atoms with Gasteiger partial charge in [0.05, 0.1) is 5.02 Å². The van der Waals surface area contributed by atoms with E-state index in [9.17, 15) is 4.79 Å². The molecule has 0 saturated carbocycles. The molecule has 1 aromatic heterocycles. The van der Waals surface area contributed by atoms with Gasteiger partial charge >= 0.3 is 0 Å². The van der Waals surface area contributed by atoms with Crippen molar-refractivity contribution in [2.24, 2.45) is 5.92 Å². The van der Waals surface area contributed by atoms with Crippen molar-refractivity contribution in [1.29, 1.82) is 0 Å². The number of halogens is 1. The topological polar surface area (TPSA) is 54.0 Å². The molecule has 0 aromatic carbocycles. The molecule has 0 aliphatic heterocycles. The quantitative estimate of drug-likeness (QED) is 0.850. The zero-order valence-electron chi connectivity index (χ0n) is 9.67. The van der Waals surface area contributed by atoms with Gasteiger partial charge in [0.15, 0.2) is 0 Å². The van der Waals surface area contributed by atoms with Gasteiger partial charge in [-0.25, -0.2) is 4.98 Å². The fourth-order valence-corrected chi connectivity index (χ4v) is 1.31. The normalized spacial score (nSPS) is 10.3. The fraction of sp³-hybridized carbons (Fsp3) is 0.455. The highest BCUT2D eigenvalue weighted by Gasteiger charge is 2.12. The number of pyridine rings is 1. The molecule has 1 rings (SSSR count). The molecule has 16 heavy (non-hydrogen) atoms. The molecule has 5 heteroatoms. The Balaban J connectivity index is 2.81. The van der Waals surface area contributed by atoms with Gasteiger partial charge in [-0.3, -0.25) is 4.79 Å². The van der Waals surface area contributed by atoms with Crippen LogP contribution in [-0.4, -0.2) is 24.5 Å². The lowest BCUT2D eigenvalue weighted by Gasteiger charge is -2.09. The highest BCUT2D eigenvalue weighted by atomic mass is 35.5. The minimum absolute atomic E-state index is 0.240. The summed E-state index contributed by atoms with van der Waals surface area (Å²) in [6, 6.07) is 3.38. The van der Waals surface area contributed by atoms with E-state index in [0.717, 1.165) is 0 Å². The Kier molecular flexibility index (Phi) is 4.55. The Labute approximate surface area is 100 Å². The number of nitrogens with zero attached hydrogens (tertiary/aromatic N) is 1. The first-order valence-corrected chi connectivity index (χ1v) is 5.55. The summed E-state index contributed by atoms with van der Waals surface area (Å²) in [5, 5.41) is 6.00. The Bertz CT molecular complexity index is 379. The maximum Gasteiger partial charge on any atom is 0.271 e. The molecule has 0 aliphatic rings. The number of anilines is 1. The number of hydrogen-bond donors (Lipinski definition) is 2. The lowest BCUT2D eigenvalue weighted by Crippen LogP contribution is -2.28. The van der Waals surface area contributed by atoms with Crippen LogP contribution in [0.4, 0.5) is 5.82 Å². The minimum atomic E-state index is -0.240. The van der Waals surface area contributed by atoms with Crippen LogP contribution >= 0.6 is 11.6 Å². The maximum absolute atomic E-state index is 11.8. The van der Waals surface area contributed by atoms with Crippen molar-refractivity contribution in [2.75, 3.05) is 18.9 Å². The SMILES string of the molecule is CNc1ccc(Cl)c(C(=O)NCC(C)C)n1. The van der Waals surface area contributed by atoms with Gasteiger partial charge in [0, 0.05) is 13.6 Å².